The molecule has 0 rings (SSSR count). The van der Waals surface area contributed by atoms with Crippen LogP contribution in [-0.4, -0.2) is 35.8 Å². The van der Waals surface area contributed by atoms with E-state index in [0.717, 1.165) is 0 Å². The van der Waals surface area contributed by atoms with Gasteiger partial charge in [-0.2, -0.15) is 11.0 Å². The smallest absolute Gasteiger partial charge is 0.356 e. The van der Waals surface area contributed by atoms with Crippen LogP contribution in [0.25, 0.3) is 0 Å². The minimum atomic E-state index is -1.05. The zero-order chi connectivity index (χ0) is 17.1. The highest BCUT2D eigenvalue weighted by Crippen LogP contribution is 1.82. The Morgan fingerprint density at radius 1 is 0.773 bits per heavy atom. The van der Waals surface area contributed by atoms with Crippen LogP contribution in [-0.2, 0) is 19.3 Å². The summed E-state index contributed by atoms with van der Waals surface area (Å²) in [4.78, 5) is 30.8. The van der Waals surface area contributed by atoms with Crippen molar-refractivity contribution in [3.05, 3.63) is 12.2 Å². The fraction of sp³-hybridized carbons (Fsp3) is 0. The fourth-order valence-electron chi connectivity index (χ4n) is 0.727. The van der Waals surface area contributed by atoms with Crippen molar-refractivity contribution >= 4 is 35.8 Å². The normalized spacial score (nSPS) is 9.27. The monoisotopic (exact) mass is 314 g/mol. The molecule has 0 saturated heterocycles. The Morgan fingerprint density at radius 2 is 1.09 bits per heavy atom. The van der Waals surface area contributed by atoms with Gasteiger partial charge in [0.05, 0.1) is 0 Å². The first-order valence-electron chi connectivity index (χ1n) is 5.21. The highest BCUT2D eigenvalue weighted by Gasteiger charge is 2.04. The molecule has 0 aliphatic carbocycles. The number of carbonyl (C=O) groups is 2. The van der Waals surface area contributed by atoms with E-state index in [4.69, 9.17) is 33.1 Å². The molecule has 0 aromatic rings. The standard InChI is InChI=1S/C8H14N10O4/c9-5(10)15-7(13)17-21-3(19)1-2-4(20)22-18-8(14)16-6(11)12/h1-2H,(H6,9,10,13,15,17)(H6,11,12,14,16,18)/b2-1+. The van der Waals surface area contributed by atoms with Crippen molar-refractivity contribution in [2.24, 2.45) is 11.5 Å². The number of hydrogen-bond donors (Lipinski definition) is 10. The van der Waals surface area contributed by atoms with Crippen LogP contribution < -0.4 is 33.1 Å². The maximum absolute atomic E-state index is 11.1. The van der Waals surface area contributed by atoms with Crippen LogP contribution in [0.5, 0.6) is 0 Å². The maximum atomic E-state index is 11.1. The summed E-state index contributed by atoms with van der Waals surface area (Å²) in [6, 6.07) is 0. The minimum Gasteiger partial charge on any atom is -0.370 e. The van der Waals surface area contributed by atoms with Gasteiger partial charge < -0.3 is 21.1 Å². The number of rotatable bonds is 2. The summed E-state index contributed by atoms with van der Waals surface area (Å²) in [6.45, 7) is 0. The first-order valence-corrected chi connectivity index (χ1v) is 5.21. The zero-order valence-electron chi connectivity index (χ0n) is 10.9. The summed E-state index contributed by atoms with van der Waals surface area (Å²) in [6.07, 6.45) is 1.33. The second-order valence-electron chi connectivity index (χ2n) is 3.21. The average Bonchev–Trinajstić information content (AvgIpc) is 2.39. The van der Waals surface area contributed by atoms with Gasteiger partial charge in [-0.3, -0.25) is 32.3 Å². The molecule has 0 aromatic heterocycles. The van der Waals surface area contributed by atoms with E-state index in [1.165, 1.54) is 0 Å². The molecule has 14 nitrogen and oxygen atoms in total. The van der Waals surface area contributed by atoms with Gasteiger partial charge in [0.1, 0.15) is 0 Å². The second-order valence-corrected chi connectivity index (χ2v) is 3.21. The Hall–Kier alpha value is -3.84. The van der Waals surface area contributed by atoms with E-state index in [1.807, 2.05) is 21.6 Å². The SMILES string of the molecule is N=C(N)NC(=N)NOC(=O)/C=C/C(=O)ONC(=N)NC(=N)N. The lowest BCUT2D eigenvalue weighted by Crippen LogP contribution is -2.44. The number of guanidine groups is 4. The number of nitrogens with one attached hydrogen (secondary N) is 8. The number of hydrogen-bond acceptors (Lipinski definition) is 8. The molecule has 0 radical (unpaired) electrons. The van der Waals surface area contributed by atoms with Gasteiger partial charge in [-0.1, -0.05) is 0 Å². The van der Waals surface area contributed by atoms with Crippen LogP contribution in [0.15, 0.2) is 12.2 Å². The molecule has 0 aliphatic rings. The quantitative estimate of drug-likeness (QED) is 0.104. The van der Waals surface area contributed by atoms with Crippen molar-refractivity contribution in [2.75, 3.05) is 0 Å². The Bertz CT molecular complexity index is 481. The molecule has 22 heavy (non-hydrogen) atoms. The molecule has 0 unspecified atom stereocenters. The number of hydroxylamine groups is 2. The number of carbonyl (C=O) groups excluding carboxylic acids is 2. The molecule has 0 atom stereocenters. The van der Waals surface area contributed by atoms with Crippen molar-refractivity contribution in [3.63, 3.8) is 0 Å². The maximum Gasteiger partial charge on any atom is 0.356 e. The lowest BCUT2D eigenvalue weighted by Gasteiger charge is -2.07. The third-order valence-corrected chi connectivity index (χ3v) is 1.38. The highest BCUT2D eigenvalue weighted by molar-refractivity contribution is 5.97. The van der Waals surface area contributed by atoms with Gasteiger partial charge in [0, 0.05) is 12.2 Å². The molecule has 0 saturated carbocycles. The minimum absolute atomic E-state index is 0.541. The van der Waals surface area contributed by atoms with E-state index in [-0.39, 0.29) is 0 Å². The van der Waals surface area contributed by atoms with Gasteiger partial charge >= 0.3 is 11.9 Å². The van der Waals surface area contributed by atoms with Gasteiger partial charge in [-0.15, -0.1) is 0 Å². The summed E-state index contributed by atoms with van der Waals surface area (Å²) >= 11 is 0. The van der Waals surface area contributed by atoms with Crippen molar-refractivity contribution in [3.8, 4) is 0 Å². The topological polar surface area (TPSA) is 248 Å². The van der Waals surface area contributed by atoms with Crippen LogP contribution in [0.1, 0.15) is 0 Å². The van der Waals surface area contributed by atoms with Gasteiger partial charge in [-0.25, -0.2) is 9.59 Å². The van der Waals surface area contributed by atoms with Crippen LogP contribution in [0.2, 0.25) is 0 Å². The van der Waals surface area contributed by atoms with E-state index >= 15 is 0 Å². The summed E-state index contributed by atoms with van der Waals surface area (Å²) in [5, 5.41) is 31.7. The molecule has 0 bridgehead atoms. The predicted molar refractivity (Wildman–Crippen MR) is 73.1 cm³/mol. The first-order chi connectivity index (χ1) is 10.2. The average molecular weight is 314 g/mol. The highest BCUT2D eigenvalue weighted by atomic mass is 16.7. The fourth-order valence-corrected chi connectivity index (χ4v) is 0.727. The van der Waals surface area contributed by atoms with Gasteiger partial charge in [0.25, 0.3) is 0 Å². The predicted octanol–water partition coefficient (Wildman–Crippen LogP) is -3.53. The van der Waals surface area contributed by atoms with Gasteiger partial charge in [-0.05, 0) is 0 Å². The largest absolute Gasteiger partial charge is 0.370 e. The summed E-state index contributed by atoms with van der Waals surface area (Å²) in [7, 11) is 0. The Morgan fingerprint density at radius 3 is 1.36 bits per heavy atom. The lowest BCUT2D eigenvalue weighted by molar-refractivity contribution is -0.144. The molecular formula is C8H14N10O4. The molecule has 0 fully saturated rings. The molecule has 0 spiro atoms. The molecule has 14 heteroatoms. The summed E-state index contributed by atoms with van der Waals surface area (Å²) in [5.41, 5.74) is 13.4. The van der Waals surface area contributed by atoms with Crippen LogP contribution in [0.3, 0.4) is 0 Å². The van der Waals surface area contributed by atoms with Crippen molar-refractivity contribution in [2.45, 2.75) is 0 Å². The Balaban J connectivity index is 4.03. The molecule has 0 amide bonds. The van der Waals surface area contributed by atoms with E-state index in [2.05, 4.69) is 9.68 Å². The van der Waals surface area contributed by atoms with E-state index in [9.17, 15) is 9.59 Å². The van der Waals surface area contributed by atoms with E-state index in [1.54, 1.807) is 0 Å². The molecule has 0 heterocycles. The lowest BCUT2D eigenvalue weighted by atomic mass is 10.5. The van der Waals surface area contributed by atoms with E-state index in [0.29, 0.717) is 12.2 Å². The van der Waals surface area contributed by atoms with Gasteiger partial charge in [0.2, 0.25) is 11.9 Å². The first kappa shape index (κ1) is 18.2. The second kappa shape index (κ2) is 9.13. The Kier molecular flexibility index (Phi) is 7.53. The zero-order valence-corrected chi connectivity index (χ0v) is 10.9. The molecular weight excluding hydrogens is 300 g/mol. The van der Waals surface area contributed by atoms with Crippen molar-refractivity contribution in [1.29, 1.82) is 21.6 Å². The van der Waals surface area contributed by atoms with Crippen molar-refractivity contribution < 1.29 is 19.3 Å². The molecule has 120 valence electrons. The third kappa shape index (κ3) is 10.1. The van der Waals surface area contributed by atoms with Crippen LogP contribution in [0.4, 0.5) is 0 Å². The van der Waals surface area contributed by atoms with E-state index < -0.39 is 35.8 Å². The van der Waals surface area contributed by atoms with Gasteiger partial charge in [0.15, 0.2) is 11.9 Å². The van der Waals surface area contributed by atoms with Crippen molar-refractivity contribution in [1.82, 2.24) is 21.6 Å². The molecule has 0 aromatic carbocycles. The molecule has 0 aliphatic heterocycles. The number of nitrogens with two attached hydrogens (primary N) is 2. The third-order valence-electron chi connectivity index (χ3n) is 1.38. The Labute approximate surface area is 123 Å². The van der Waals surface area contributed by atoms with Crippen LogP contribution >= 0.6 is 0 Å². The van der Waals surface area contributed by atoms with Crippen LogP contribution in [0, 0.1) is 21.6 Å². The summed E-state index contributed by atoms with van der Waals surface area (Å²) < 4.78 is 0. The summed E-state index contributed by atoms with van der Waals surface area (Å²) in [5.74, 6) is -4.32. The molecule has 12 N–H and O–H groups in total.